The number of hydrogen-bond acceptors (Lipinski definition) is 2. The van der Waals surface area contributed by atoms with Crippen molar-refractivity contribution in [2.24, 2.45) is 0 Å². The van der Waals surface area contributed by atoms with Crippen LogP contribution in [0.3, 0.4) is 0 Å². The highest BCUT2D eigenvalue weighted by Crippen LogP contribution is 2.18. The van der Waals surface area contributed by atoms with Gasteiger partial charge in [0.15, 0.2) is 0 Å². The summed E-state index contributed by atoms with van der Waals surface area (Å²) in [6.07, 6.45) is 0.901. The van der Waals surface area contributed by atoms with E-state index < -0.39 is 5.82 Å². The van der Waals surface area contributed by atoms with Crippen LogP contribution in [0.5, 0.6) is 0 Å². The first-order chi connectivity index (χ1) is 10.1. The van der Waals surface area contributed by atoms with Gasteiger partial charge >= 0.3 is 0 Å². The van der Waals surface area contributed by atoms with E-state index in [1.807, 2.05) is 31.2 Å². The van der Waals surface area contributed by atoms with E-state index in [1.165, 1.54) is 12.1 Å². The molecule has 3 nitrogen and oxygen atoms in total. The maximum absolute atomic E-state index is 13.5. The molecule has 21 heavy (non-hydrogen) atoms. The fourth-order valence-electron chi connectivity index (χ4n) is 1.88. The number of aryl methyl sites for hydroxylation is 1. The van der Waals surface area contributed by atoms with Crippen LogP contribution >= 0.6 is 11.6 Å². The Labute approximate surface area is 128 Å². The molecule has 0 aliphatic rings. The lowest BCUT2D eigenvalue weighted by molar-refractivity contribution is -0.114. The molecule has 1 amide bonds. The fraction of sp³-hybridized carbons (Fsp3) is 0.188. The summed E-state index contributed by atoms with van der Waals surface area (Å²) in [5.74, 6) is -0.721. The monoisotopic (exact) mass is 306 g/mol. The average molecular weight is 307 g/mol. The molecule has 2 aromatic carbocycles. The van der Waals surface area contributed by atoms with Gasteiger partial charge in [0, 0.05) is 10.7 Å². The Kier molecular flexibility index (Phi) is 5.17. The first-order valence-electron chi connectivity index (χ1n) is 6.66. The second-order valence-electron chi connectivity index (χ2n) is 4.58. The van der Waals surface area contributed by atoms with Gasteiger partial charge in [-0.25, -0.2) is 4.39 Å². The van der Waals surface area contributed by atoms with E-state index in [9.17, 15) is 9.18 Å². The standard InChI is InChI=1S/C16H16ClFN2O/c1-2-11-4-3-5-13(8-11)20-16(21)10-19-15-7-6-12(17)9-14(15)18/h3-9,19H,2,10H2,1H3,(H,20,21). The summed E-state index contributed by atoms with van der Waals surface area (Å²) >= 11 is 5.67. The Hall–Kier alpha value is -2.07. The first-order valence-corrected chi connectivity index (χ1v) is 7.04. The Morgan fingerprint density at radius 1 is 1.24 bits per heavy atom. The van der Waals surface area contributed by atoms with Crippen LogP contribution < -0.4 is 10.6 Å². The van der Waals surface area contributed by atoms with Gasteiger partial charge in [-0.15, -0.1) is 0 Å². The van der Waals surface area contributed by atoms with Crippen LogP contribution in [-0.2, 0) is 11.2 Å². The summed E-state index contributed by atoms with van der Waals surface area (Å²) in [6, 6.07) is 11.9. The van der Waals surface area contributed by atoms with Gasteiger partial charge in [0.05, 0.1) is 12.2 Å². The predicted molar refractivity (Wildman–Crippen MR) is 84.3 cm³/mol. The van der Waals surface area contributed by atoms with Gasteiger partial charge in [0.1, 0.15) is 5.82 Å². The van der Waals surface area contributed by atoms with Crippen LogP contribution in [0.4, 0.5) is 15.8 Å². The molecule has 0 spiro atoms. The molecule has 2 rings (SSSR count). The molecule has 2 aromatic rings. The molecule has 0 atom stereocenters. The third-order valence-electron chi connectivity index (χ3n) is 2.99. The minimum absolute atomic E-state index is 0.0189. The van der Waals surface area contributed by atoms with E-state index in [4.69, 9.17) is 11.6 Å². The number of hydrogen-bond donors (Lipinski definition) is 2. The number of halogens is 2. The van der Waals surface area contributed by atoms with Gasteiger partial charge in [0.2, 0.25) is 5.91 Å². The third-order valence-corrected chi connectivity index (χ3v) is 3.22. The predicted octanol–water partition coefficient (Wildman–Crippen LogP) is 4.09. The second-order valence-corrected chi connectivity index (χ2v) is 5.02. The van der Waals surface area contributed by atoms with Crippen LogP contribution in [0.2, 0.25) is 5.02 Å². The van der Waals surface area contributed by atoms with Gasteiger partial charge < -0.3 is 10.6 Å². The van der Waals surface area contributed by atoms with Gasteiger partial charge in [-0.3, -0.25) is 4.79 Å². The second kappa shape index (κ2) is 7.09. The van der Waals surface area contributed by atoms with E-state index in [-0.39, 0.29) is 18.1 Å². The number of rotatable bonds is 5. The molecule has 0 aliphatic heterocycles. The topological polar surface area (TPSA) is 41.1 Å². The van der Waals surface area contributed by atoms with Crippen molar-refractivity contribution in [3.05, 3.63) is 58.9 Å². The molecule has 5 heteroatoms. The number of anilines is 2. The molecular formula is C16H16ClFN2O. The van der Waals surface area contributed by atoms with E-state index >= 15 is 0 Å². The highest BCUT2D eigenvalue weighted by molar-refractivity contribution is 6.30. The maximum atomic E-state index is 13.5. The molecule has 0 unspecified atom stereocenters. The van der Waals surface area contributed by atoms with E-state index in [1.54, 1.807) is 6.07 Å². The molecule has 0 aromatic heterocycles. The van der Waals surface area contributed by atoms with Crippen molar-refractivity contribution < 1.29 is 9.18 Å². The Balaban J connectivity index is 1.92. The summed E-state index contributed by atoms with van der Waals surface area (Å²) in [6.45, 7) is 2.03. The highest BCUT2D eigenvalue weighted by atomic mass is 35.5. The molecule has 110 valence electrons. The van der Waals surface area contributed by atoms with Crippen LogP contribution in [-0.4, -0.2) is 12.5 Å². The fourth-order valence-corrected chi connectivity index (χ4v) is 2.04. The molecule has 0 saturated heterocycles. The van der Waals surface area contributed by atoms with Crippen LogP contribution in [0.15, 0.2) is 42.5 Å². The van der Waals surface area contributed by atoms with Gasteiger partial charge in [-0.05, 0) is 42.3 Å². The summed E-state index contributed by atoms with van der Waals surface area (Å²) in [7, 11) is 0. The Morgan fingerprint density at radius 2 is 2.05 bits per heavy atom. The molecule has 0 radical (unpaired) electrons. The van der Waals surface area contributed by atoms with Gasteiger partial charge in [-0.1, -0.05) is 30.7 Å². The van der Waals surface area contributed by atoms with Crippen LogP contribution in [0.1, 0.15) is 12.5 Å². The number of nitrogens with one attached hydrogen (secondary N) is 2. The SMILES string of the molecule is CCc1cccc(NC(=O)CNc2ccc(Cl)cc2F)c1. The molecule has 0 heterocycles. The van der Waals surface area contributed by atoms with Crippen molar-refractivity contribution >= 4 is 28.9 Å². The number of carbonyl (C=O) groups excluding carboxylic acids is 1. The number of amides is 1. The summed E-state index contributed by atoms with van der Waals surface area (Å²) in [5.41, 5.74) is 2.12. The molecule has 0 saturated carbocycles. The number of benzene rings is 2. The molecule has 0 bridgehead atoms. The Morgan fingerprint density at radius 3 is 2.76 bits per heavy atom. The third kappa shape index (κ3) is 4.46. The average Bonchev–Trinajstić information content (AvgIpc) is 2.46. The molecule has 2 N–H and O–H groups in total. The maximum Gasteiger partial charge on any atom is 0.243 e. The zero-order valence-corrected chi connectivity index (χ0v) is 12.4. The lowest BCUT2D eigenvalue weighted by Gasteiger charge is -2.09. The van der Waals surface area contributed by atoms with Crippen molar-refractivity contribution in [2.75, 3.05) is 17.2 Å². The zero-order chi connectivity index (χ0) is 15.2. The van der Waals surface area contributed by atoms with E-state index in [0.717, 1.165) is 17.7 Å². The van der Waals surface area contributed by atoms with Crippen molar-refractivity contribution in [2.45, 2.75) is 13.3 Å². The molecular weight excluding hydrogens is 291 g/mol. The normalized spacial score (nSPS) is 10.2. The minimum atomic E-state index is -0.483. The number of carbonyl (C=O) groups is 1. The Bertz CT molecular complexity index is 646. The minimum Gasteiger partial charge on any atom is -0.374 e. The van der Waals surface area contributed by atoms with Gasteiger partial charge in [-0.2, -0.15) is 0 Å². The van der Waals surface area contributed by atoms with Gasteiger partial charge in [0.25, 0.3) is 0 Å². The summed E-state index contributed by atoms with van der Waals surface area (Å²) in [4.78, 5) is 11.8. The van der Waals surface area contributed by atoms with Crippen molar-refractivity contribution in [1.82, 2.24) is 0 Å². The van der Waals surface area contributed by atoms with E-state index in [2.05, 4.69) is 10.6 Å². The van der Waals surface area contributed by atoms with Crippen molar-refractivity contribution in [3.8, 4) is 0 Å². The largest absolute Gasteiger partial charge is 0.374 e. The highest BCUT2D eigenvalue weighted by Gasteiger charge is 2.06. The van der Waals surface area contributed by atoms with Crippen LogP contribution in [0.25, 0.3) is 0 Å². The lowest BCUT2D eigenvalue weighted by atomic mass is 10.1. The quantitative estimate of drug-likeness (QED) is 0.873. The molecule has 0 fully saturated rings. The summed E-state index contributed by atoms with van der Waals surface area (Å²) in [5, 5.41) is 5.83. The van der Waals surface area contributed by atoms with E-state index in [0.29, 0.717) is 5.02 Å². The van der Waals surface area contributed by atoms with Crippen LogP contribution in [0, 0.1) is 5.82 Å². The summed E-state index contributed by atoms with van der Waals surface area (Å²) < 4.78 is 13.5. The zero-order valence-electron chi connectivity index (χ0n) is 11.6. The smallest absolute Gasteiger partial charge is 0.243 e. The van der Waals surface area contributed by atoms with Crippen molar-refractivity contribution in [1.29, 1.82) is 0 Å². The molecule has 0 aliphatic carbocycles. The van der Waals surface area contributed by atoms with Crippen molar-refractivity contribution in [3.63, 3.8) is 0 Å². The first kappa shape index (κ1) is 15.3. The lowest BCUT2D eigenvalue weighted by Crippen LogP contribution is -2.22.